The summed E-state index contributed by atoms with van der Waals surface area (Å²) in [4.78, 5) is 26.2. The van der Waals surface area contributed by atoms with E-state index in [1.54, 1.807) is 0 Å². The number of amides is 2. The minimum absolute atomic E-state index is 0.0489. The van der Waals surface area contributed by atoms with Crippen molar-refractivity contribution in [2.75, 3.05) is 6.54 Å². The number of rotatable bonds is 2. The lowest BCUT2D eigenvalue weighted by molar-refractivity contribution is -0.139. The van der Waals surface area contributed by atoms with E-state index in [0.717, 1.165) is 19.3 Å². The Kier molecular flexibility index (Phi) is 4.20. The first kappa shape index (κ1) is 14.8. The molecule has 3 aliphatic rings. The van der Waals surface area contributed by atoms with E-state index in [-0.39, 0.29) is 29.8 Å². The van der Waals surface area contributed by atoms with Gasteiger partial charge in [-0.15, -0.1) is 0 Å². The molecule has 5 heteroatoms. The quantitative estimate of drug-likeness (QED) is 0.798. The third kappa shape index (κ3) is 2.93. The summed E-state index contributed by atoms with van der Waals surface area (Å²) in [6.07, 6.45) is 7.68. The molecule has 0 bridgehead atoms. The third-order valence-corrected chi connectivity index (χ3v) is 5.73. The zero-order chi connectivity index (χ0) is 15.0. The van der Waals surface area contributed by atoms with Crippen molar-refractivity contribution in [2.24, 2.45) is 17.6 Å². The Hall–Kier alpha value is -1.10. The van der Waals surface area contributed by atoms with Crippen molar-refractivity contribution in [3.8, 4) is 0 Å². The van der Waals surface area contributed by atoms with Crippen LogP contribution in [0.5, 0.6) is 0 Å². The largest absolute Gasteiger partial charge is 0.369 e. The Morgan fingerprint density at radius 2 is 1.90 bits per heavy atom. The number of nitrogens with two attached hydrogens (primary N) is 1. The highest BCUT2D eigenvalue weighted by Gasteiger charge is 2.42. The summed E-state index contributed by atoms with van der Waals surface area (Å²) in [5.74, 6) is 0.407. The second-order valence-electron chi connectivity index (χ2n) is 7.12. The summed E-state index contributed by atoms with van der Waals surface area (Å²) in [6.45, 7) is 2.58. The van der Waals surface area contributed by atoms with Crippen LogP contribution in [0.4, 0.5) is 0 Å². The SMILES string of the molecule is CC1CCC(C(N)=O)CN1C(=O)C1CC2CCCCC2N1. The second-order valence-corrected chi connectivity index (χ2v) is 7.12. The standard InChI is InChI=1S/C16H27N3O2/c1-10-6-7-12(15(17)20)9-19(10)16(21)14-8-11-4-2-3-5-13(11)18-14/h10-14,18H,2-9H2,1H3,(H2,17,20). The lowest BCUT2D eigenvalue weighted by Gasteiger charge is -2.38. The van der Waals surface area contributed by atoms with Crippen LogP contribution in [0, 0.1) is 11.8 Å². The van der Waals surface area contributed by atoms with Crippen molar-refractivity contribution >= 4 is 11.8 Å². The van der Waals surface area contributed by atoms with Crippen LogP contribution in [0.15, 0.2) is 0 Å². The number of hydrogen-bond donors (Lipinski definition) is 2. The van der Waals surface area contributed by atoms with Gasteiger partial charge in [0, 0.05) is 18.6 Å². The molecule has 0 radical (unpaired) electrons. The van der Waals surface area contributed by atoms with Crippen LogP contribution in [0.1, 0.15) is 51.9 Å². The molecule has 3 fully saturated rings. The second kappa shape index (κ2) is 5.95. The maximum Gasteiger partial charge on any atom is 0.239 e. The number of carbonyl (C=O) groups excluding carboxylic acids is 2. The van der Waals surface area contributed by atoms with Crippen LogP contribution in [0.25, 0.3) is 0 Å². The molecule has 1 aliphatic carbocycles. The Morgan fingerprint density at radius 1 is 1.14 bits per heavy atom. The lowest BCUT2D eigenvalue weighted by Crippen LogP contribution is -2.54. The highest BCUT2D eigenvalue weighted by Crippen LogP contribution is 2.34. The first-order chi connectivity index (χ1) is 10.1. The zero-order valence-corrected chi connectivity index (χ0v) is 12.9. The Morgan fingerprint density at radius 3 is 2.62 bits per heavy atom. The van der Waals surface area contributed by atoms with Gasteiger partial charge in [-0.05, 0) is 44.9 Å². The predicted octanol–water partition coefficient (Wildman–Crippen LogP) is 1.02. The van der Waals surface area contributed by atoms with E-state index in [2.05, 4.69) is 12.2 Å². The molecule has 3 N–H and O–H groups in total. The highest BCUT2D eigenvalue weighted by molar-refractivity contribution is 5.84. The number of primary amides is 1. The molecule has 2 amide bonds. The van der Waals surface area contributed by atoms with Gasteiger partial charge in [0.05, 0.1) is 12.0 Å². The molecule has 0 aromatic carbocycles. The van der Waals surface area contributed by atoms with Crippen LogP contribution in [-0.2, 0) is 9.59 Å². The van der Waals surface area contributed by atoms with Crippen LogP contribution in [0.2, 0.25) is 0 Å². The molecule has 2 saturated heterocycles. The fraction of sp³-hybridized carbons (Fsp3) is 0.875. The molecule has 0 aromatic heterocycles. The summed E-state index contributed by atoms with van der Waals surface area (Å²) < 4.78 is 0. The smallest absolute Gasteiger partial charge is 0.239 e. The maximum absolute atomic E-state index is 12.8. The fourth-order valence-electron chi connectivity index (χ4n) is 4.36. The van der Waals surface area contributed by atoms with E-state index in [1.165, 1.54) is 25.7 Å². The molecule has 0 aromatic rings. The highest BCUT2D eigenvalue weighted by atomic mass is 16.2. The van der Waals surface area contributed by atoms with Gasteiger partial charge in [0.2, 0.25) is 11.8 Å². The monoisotopic (exact) mass is 293 g/mol. The number of piperidine rings is 1. The molecular formula is C16H27N3O2. The van der Waals surface area contributed by atoms with Gasteiger partial charge in [0.1, 0.15) is 0 Å². The Balaban J connectivity index is 1.65. The van der Waals surface area contributed by atoms with E-state index < -0.39 is 0 Å². The zero-order valence-electron chi connectivity index (χ0n) is 12.9. The summed E-state index contributed by atoms with van der Waals surface area (Å²) >= 11 is 0. The van der Waals surface area contributed by atoms with E-state index in [0.29, 0.717) is 18.5 Å². The van der Waals surface area contributed by atoms with E-state index in [9.17, 15) is 9.59 Å². The summed E-state index contributed by atoms with van der Waals surface area (Å²) in [5, 5.41) is 3.55. The molecule has 2 heterocycles. The minimum Gasteiger partial charge on any atom is -0.369 e. The summed E-state index contributed by atoms with van der Waals surface area (Å²) in [7, 11) is 0. The van der Waals surface area contributed by atoms with Crippen molar-refractivity contribution in [1.29, 1.82) is 0 Å². The lowest BCUT2D eigenvalue weighted by atomic mass is 9.85. The van der Waals surface area contributed by atoms with Crippen molar-refractivity contribution in [3.05, 3.63) is 0 Å². The van der Waals surface area contributed by atoms with Gasteiger partial charge in [-0.1, -0.05) is 12.8 Å². The Bertz CT molecular complexity index is 412. The average Bonchev–Trinajstić information content (AvgIpc) is 2.90. The summed E-state index contributed by atoms with van der Waals surface area (Å²) in [6, 6.07) is 0.699. The van der Waals surface area contributed by atoms with E-state index in [1.807, 2.05) is 4.90 Å². The van der Waals surface area contributed by atoms with Crippen LogP contribution in [0.3, 0.4) is 0 Å². The van der Waals surface area contributed by atoms with Crippen LogP contribution < -0.4 is 11.1 Å². The molecule has 3 rings (SSSR count). The van der Waals surface area contributed by atoms with E-state index in [4.69, 9.17) is 5.73 Å². The van der Waals surface area contributed by atoms with Crippen molar-refractivity contribution in [3.63, 3.8) is 0 Å². The van der Waals surface area contributed by atoms with Crippen molar-refractivity contribution in [2.45, 2.75) is 70.0 Å². The first-order valence-corrected chi connectivity index (χ1v) is 8.42. The van der Waals surface area contributed by atoms with Gasteiger partial charge < -0.3 is 16.0 Å². The number of nitrogens with zero attached hydrogens (tertiary/aromatic N) is 1. The minimum atomic E-state index is -0.271. The number of likely N-dealkylation sites (tertiary alicyclic amines) is 1. The molecule has 5 atom stereocenters. The molecule has 5 nitrogen and oxygen atoms in total. The van der Waals surface area contributed by atoms with Gasteiger partial charge in [0.15, 0.2) is 0 Å². The van der Waals surface area contributed by atoms with Crippen LogP contribution >= 0.6 is 0 Å². The average molecular weight is 293 g/mol. The molecule has 2 aliphatic heterocycles. The van der Waals surface area contributed by atoms with Gasteiger partial charge in [-0.2, -0.15) is 0 Å². The summed E-state index contributed by atoms with van der Waals surface area (Å²) in [5.41, 5.74) is 5.43. The first-order valence-electron chi connectivity index (χ1n) is 8.42. The molecular weight excluding hydrogens is 266 g/mol. The van der Waals surface area contributed by atoms with Gasteiger partial charge in [0.25, 0.3) is 0 Å². The third-order valence-electron chi connectivity index (χ3n) is 5.73. The number of carbonyl (C=O) groups is 2. The Labute approximate surface area is 126 Å². The molecule has 1 saturated carbocycles. The fourth-order valence-corrected chi connectivity index (χ4v) is 4.36. The van der Waals surface area contributed by atoms with Crippen molar-refractivity contribution in [1.82, 2.24) is 10.2 Å². The molecule has 5 unspecified atom stereocenters. The van der Waals surface area contributed by atoms with Gasteiger partial charge in [-0.25, -0.2) is 0 Å². The van der Waals surface area contributed by atoms with Crippen molar-refractivity contribution < 1.29 is 9.59 Å². The predicted molar refractivity (Wildman–Crippen MR) is 80.4 cm³/mol. The number of hydrogen-bond acceptors (Lipinski definition) is 3. The topological polar surface area (TPSA) is 75.4 Å². The molecule has 0 spiro atoms. The normalized spacial score (nSPS) is 39.9. The van der Waals surface area contributed by atoms with Gasteiger partial charge in [-0.3, -0.25) is 9.59 Å². The van der Waals surface area contributed by atoms with Crippen LogP contribution in [-0.4, -0.2) is 41.4 Å². The number of fused-ring (bicyclic) bond motifs is 1. The number of nitrogens with one attached hydrogen (secondary N) is 1. The molecule has 118 valence electrons. The van der Waals surface area contributed by atoms with E-state index >= 15 is 0 Å². The maximum atomic E-state index is 12.8. The molecule has 21 heavy (non-hydrogen) atoms. The van der Waals surface area contributed by atoms with Gasteiger partial charge >= 0.3 is 0 Å².